The summed E-state index contributed by atoms with van der Waals surface area (Å²) in [5, 5.41) is 3.54. The van der Waals surface area contributed by atoms with Crippen LogP contribution in [0.15, 0.2) is 76.7 Å². The molecule has 3 rings (SSSR count). The van der Waals surface area contributed by atoms with E-state index in [0.717, 1.165) is 24.4 Å². The molecule has 0 aliphatic rings. The van der Waals surface area contributed by atoms with Crippen molar-refractivity contribution in [3.8, 4) is 5.75 Å². The number of nitrogens with one attached hydrogen (secondary N) is 2. The Morgan fingerprint density at radius 3 is 2.39 bits per heavy atom. The van der Waals surface area contributed by atoms with E-state index in [1.807, 2.05) is 0 Å². The Bertz CT molecular complexity index is 1230. The lowest BCUT2D eigenvalue weighted by molar-refractivity contribution is 0.0955. The third-order valence-electron chi connectivity index (χ3n) is 4.12. The third kappa shape index (κ3) is 5.23. The summed E-state index contributed by atoms with van der Waals surface area (Å²) in [6.07, 6.45) is 0.826. The van der Waals surface area contributed by atoms with Gasteiger partial charge >= 0.3 is 0 Å². The van der Waals surface area contributed by atoms with Crippen molar-refractivity contribution in [2.45, 2.75) is 4.90 Å². The summed E-state index contributed by atoms with van der Waals surface area (Å²) in [6.45, 7) is 0. The van der Waals surface area contributed by atoms with E-state index in [9.17, 15) is 22.0 Å². The Morgan fingerprint density at radius 2 is 1.68 bits per heavy atom. The summed E-state index contributed by atoms with van der Waals surface area (Å²) < 4.78 is 60.1. The van der Waals surface area contributed by atoms with Gasteiger partial charge in [-0.1, -0.05) is 24.3 Å². The number of ether oxygens (including phenoxy) is 1. The van der Waals surface area contributed by atoms with Crippen LogP contribution in [0.2, 0.25) is 0 Å². The minimum Gasteiger partial charge on any atom is -0.495 e. The highest BCUT2D eigenvalue weighted by Gasteiger charge is 2.18. The second kappa shape index (κ2) is 9.35. The molecule has 0 spiro atoms. The molecule has 3 aromatic carbocycles. The van der Waals surface area contributed by atoms with Gasteiger partial charge in [0.2, 0.25) is 0 Å². The van der Waals surface area contributed by atoms with Crippen LogP contribution in [0.1, 0.15) is 15.9 Å². The Morgan fingerprint density at radius 1 is 1.00 bits per heavy atom. The number of carbonyl (C=O) groups is 1. The molecule has 160 valence electrons. The summed E-state index contributed by atoms with van der Waals surface area (Å²) in [5.41, 5.74) is 1.91. The van der Waals surface area contributed by atoms with Crippen LogP contribution in [0.25, 0.3) is 0 Å². The number of halogens is 2. The molecule has 1 amide bonds. The number of anilines is 1. The summed E-state index contributed by atoms with van der Waals surface area (Å²) in [6, 6.07) is 15.0. The molecule has 3 aromatic rings. The van der Waals surface area contributed by atoms with E-state index in [0.29, 0.717) is 5.75 Å². The van der Waals surface area contributed by atoms with Gasteiger partial charge in [-0.3, -0.25) is 9.52 Å². The van der Waals surface area contributed by atoms with Crippen molar-refractivity contribution in [2.24, 2.45) is 5.10 Å². The predicted molar refractivity (Wildman–Crippen MR) is 112 cm³/mol. The van der Waals surface area contributed by atoms with Gasteiger partial charge in [0, 0.05) is 5.56 Å². The van der Waals surface area contributed by atoms with Gasteiger partial charge in [0.15, 0.2) is 0 Å². The highest BCUT2D eigenvalue weighted by atomic mass is 32.2. The molecule has 0 unspecified atom stereocenters. The molecule has 0 heterocycles. The minimum atomic E-state index is -4.02. The SMILES string of the molecule is COc1ccccc1NS(=O)(=O)c1cccc(C(=O)N/N=C\c2c(F)cccc2F)c1. The van der Waals surface area contributed by atoms with Gasteiger partial charge in [0.1, 0.15) is 17.4 Å². The summed E-state index contributed by atoms with van der Waals surface area (Å²) >= 11 is 0. The van der Waals surface area contributed by atoms with E-state index in [2.05, 4.69) is 15.2 Å². The maximum Gasteiger partial charge on any atom is 0.271 e. The molecule has 0 saturated heterocycles. The van der Waals surface area contributed by atoms with Crippen molar-refractivity contribution in [1.29, 1.82) is 0 Å². The van der Waals surface area contributed by atoms with Crippen LogP contribution >= 0.6 is 0 Å². The third-order valence-corrected chi connectivity index (χ3v) is 5.48. The normalized spacial score (nSPS) is 11.3. The molecule has 31 heavy (non-hydrogen) atoms. The molecular weight excluding hydrogens is 428 g/mol. The molecule has 0 aromatic heterocycles. The maximum atomic E-state index is 13.6. The number of hydrogen-bond donors (Lipinski definition) is 2. The van der Waals surface area contributed by atoms with Crippen molar-refractivity contribution in [2.75, 3.05) is 11.8 Å². The first-order chi connectivity index (χ1) is 14.8. The van der Waals surface area contributed by atoms with Gasteiger partial charge in [0.25, 0.3) is 15.9 Å². The number of amides is 1. The smallest absolute Gasteiger partial charge is 0.271 e. The zero-order valence-electron chi connectivity index (χ0n) is 16.2. The Balaban J connectivity index is 1.77. The Hall–Kier alpha value is -3.79. The molecule has 0 bridgehead atoms. The number of hydrogen-bond acceptors (Lipinski definition) is 5. The number of hydrazone groups is 1. The Kier molecular flexibility index (Phi) is 6.61. The lowest BCUT2D eigenvalue weighted by Crippen LogP contribution is -2.19. The standard InChI is InChI=1S/C21H17F2N3O4S/c1-30-20-11-3-2-10-19(20)26-31(28,29)15-7-4-6-14(12-15)21(27)25-24-13-16-17(22)8-5-9-18(16)23/h2-13,26H,1H3,(H,25,27)/b24-13-. The van der Waals surface area contributed by atoms with Gasteiger partial charge in [0.05, 0.1) is 29.5 Å². The average Bonchev–Trinajstić information content (AvgIpc) is 2.76. The van der Waals surface area contributed by atoms with Crippen LogP contribution in [0.4, 0.5) is 14.5 Å². The number of methoxy groups -OCH3 is 1. The van der Waals surface area contributed by atoms with Crippen LogP contribution in [0, 0.1) is 11.6 Å². The van der Waals surface area contributed by atoms with Crippen molar-refractivity contribution >= 4 is 27.8 Å². The number of rotatable bonds is 7. The molecule has 0 atom stereocenters. The Labute approximate surface area is 177 Å². The largest absolute Gasteiger partial charge is 0.495 e. The molecule has 0 fully saturated rings. The second-order valence-electron chi connectivity index (χ2n) is 6.17. The quantitative estimate of drug-likeness (QED) is 0.430. The zero-order chi connectivity index (χ0) is 22.4. The van der Waals surface area contributed by atoms with Crippen LogP contribution in [-0.4, -0.2) is 27.6 Å². The van der Waals surface area contributed by atoms with Gasteiger partial charge in [-0.25, -0.2) is 22.6 Å². The van der Waals surface area contributed by atoms with Crippen molar-refractivity contribution in [3.63, 3.8) is 0 Å². The van der Waals surface area contributed by atoms with Crippen molar-refractivity contribution in [1.82, 2.24) is 5.43 Å². The fourth-order valence-corrected chi connectivity index (χ4v) is 3.71. The van der Waals surface area contributed by atoms with E-state index < -0.39 is 33.1 Å². The topological polar surface area (TPSA) is 96.9 Å². The van der Waals surface area contributed by atoms with Gasteiger partial charge in [-0.05, 0) is 42.5 Å². The van der Waals surface area contributed by atoms with Crippen LogP contribution in [-0.2, 0) is 10.0 Å². The summed E-state index contributed by atoms with van der Waals surface area (Å²) in [4.78, 5) is 12.1. The highest BCUT2D eigenvalue weighted by Crippen LogP contribution is 2.26. The van der Waals surface area contributed by atoms with E-state index in [4.69, 9.17) is 4.74 Å². The molecule has 2 N–H and O–H groups in total. The molecule has 0 saturated carbocycles. The van der Waals surface area contributed by atoms with Crippen LogP contribution in [0.3, 0.4) is 0 Å². The van der Waals surface area contributed by atoms with Gasteiger partial charge < -0.3 is 4.74 Å². The minimum absolute atomic E-state index is 0.0194. The zero-order valence-corrected chi connectivity index (χ0v) is 17.0. The number of benzene rings is 3. The first kappa shape index (κ1) is 21.9. The van der Waals surface area contributed by atoms with Crippen molar-refractivity contribution < 1.29 is 26.7 Å². The number of carbonyl (C=O) groups excluding carboxylic acids is 1. The maximum absolute atomic E-state index is 13.6. The van der Waals surface area contributed by atoms with E-state index in [-0.39, 0.29) is 16.1 Å². The van der Waals surface area contributed by atoms with Gasteiger partial charge in [-0.15, -0.1) is 0 Å². The lowest BCUT2D eigenvalue weighted by Gasteiger charge is -2.12. The van der Waals surface area contributed by atoms with E-state index >= 15 is 0 Å². The predicted octanol–water partition coefficient (Wildman–Crippen LogP) is 3.54. The van der Waals surface area contributed by atoms with Crippen LogP contribution in [0.5, 0.6) is 5.75 Å². The summed E-state index contributed by atoms with van der Waals surface area (Å²) in [7, 11) is -2.62. The molecule has 0 aliphatic heterocycles. The molecule has 0 aliphatic carbocycles. The molecule has 0 radical (unpaired) electrons. The average molecular weight is 445 g/mol. The first-order valence-corrected chi connectivity index (χ1v) is 10.3. The van der Waals surface area contributed by atoms with E-state index in [1.165, 1.54) is 37.4 Å². The van der Waals surface area contributed by atoms with E-state index in [1.54, 1.807) is 18.2 Å². The molecular formula is C21H17F2N3O4S. The molecule has 7 nitrogen and oxygen atoms in total. The summed E-state index contributed by atoms with van der Waals surface area (Å²) in [5.74, 6) is -2.11. The number of para-hydroxylation sites is 2. The highest BCUT2D eigenvalue weighted by molar-refractivity contribution is 7.92. The number of nitrogens with zero attached hydrogens (tertiary/aromatic N) is 1. The molecule has 10 heteroatoms. The van der Waals surface area contributed by atoms with Crippen LogP contribution < -0.4 is 14.9 Å². The lowest BCUT2D eigenvalue weighted by atomic mass is 10.2. The fraction of sp³-hybridized carbons (Fsp3) is 0.0476. The van der Waals surface area contributed by atoms with Crippen molar-refractivity contribution in [3.05, 3.63) is 89.5 Å². The first-order valence-electron chi connectivity index (χ1n) is 8.85. The second-order valence-corrected chi connectivity index (χ2v) is 7.85. The fourth-order valence-electron chi connectivity index (χ4n) is 2.59. The van der Waals surface area contributed by atoms with Gasteiger partial charge in [-0.2, -0.15) is 5.10 Å². The number of sulfonamides is 1. The monoisotopic (exact) mass is 445 g/mol.